The zero-order valence-electron chi connectivity index (χ0n) is 7.95. The molecule has 2 atom stereocenters. The van der Waals surface area contributed by atoms with Crippen LogP contribution >= 0.6 is 15.9 Å². The Kier molecular flexibility index (Phi) is 3.21. The smallest absolute Gasteiger partial charge is 0.0538 e. The highest BCUT2D eigenvalue weighted by Gasteiger charge is 2.28. The van der Waals surface area contributed by atoms with Crippen molar-refractivity contribution in [1.82, 2.24) is 0 Å². The van der Waals surface area contributed by atoms with E-state index in [1.54, 1.807) is 0 Å². The average molecular weight is 256 g/mol. The van der Waals surface area contributed by atoms with Gasteiger partial charge in [0.15, 0.2) is 0 Å². The Bertz CT molecular complexity index is 299. The van der Waals surface area contributed by atoms with Gasteiger partial charge in [-0.25, -0.2) is 0 Å². The van der Waals surface area contributed by atoms with Crippen LogP contribution in [0, 0.1) is 5.92 Å². The molecule has 76 valence electrons. The molecule has 1 aromatic rings. The first-order valence-corrected chi connectivity index (χ1v) is 5.64. The first-order chi connectivity index (χ1) is 6.81. The molecule has 1 heterocycles. The quantitative estimate of drug-likeness (QED) is 0.879. The Hall–Kier alpha value is -0.380. The molecule has 2 rings (SSSR count). The molecule has 0 aliphatic carbocycles. The molecule has 1 aliphatic heterocycles. The Balaban J connectivity index is 2.17. The topological polar surface area (TPSA) is 35.2 Å². The molecule has 1 saturated heterocycles. The molecule has 0 amide bonds. The minimum Gasteiger partial charge on any atom is -0.380 e. The number of nitrogens with two attached hydrogens (primary N) is 1. The second kappa shape index (κ2) is 4.43. The van der Waals surface area contributed by atoms with E-state index in [0.29, 0.717) is 18.4 Å². The molecule has 2 nitrogen and oxygen atoms in total. The van der Waals surface area contributed by atoms with Crippen molar-refractivity contribution in [3.05, 3.63) is 34.3 Å². The molecule has 1 aliphatic rings. The zero-order chi connectivity index (χ0) is 9.97. The van der Waals surface area contributed by atoms with Gasteiger partial charge in [0.1, 0.15) is 0 Å². The molecule has 0 bridgehead atoms. The number of ether oxygens (including phenoxy) is 1. The van der Waals surface area contributed by atoms with Crippen molar-refractivity contribution < 1.29 is 4.74 Å². The summed E-state index contributed by atoms with van der Waals surface area (Å²) in [4.78, 5) is 0. The van der Waals surface area contributed by atoms with Gasteiger partial charge in [-0.05, 0) is 24.2 Å². The van der Waals surface area contributed by atoms with Gasteiger partial charge in [0.05, 0.1) is 13.2 Å². The van der Waals surface area contributed by atoms with Gasteiger partial charge in [-0.15, -0.1) is 0 Å². The summed E-state index contributed by atoms with van der Waals surface area (Å²) >= 11 is 3.43. The normalized spacial score (nSPS) is 26.7. The first kappa shape index (κ1) is 10.1. The van der Waals surface area contributed by atoms with Crippen molar-refractivity contribution in [2.45, 2.75) is 5.92 Å². The highest BCUT2D eigenvalue weighted by atomic mass is 79.9. The molecule has 0 aromatic heterocycles. The maximum atomic E-state index is 5.70. The fraction of sp³-hybridized carbons (Fsp3) is 0.455. The van der Waals surface area contributed by atoms with Crippen molar-refractivity contribution in [2.24, 2.45) is 11.7 Å². The Labute approximate surface area is 92.6 Å². The fourth-order valence-electron chi connectivity index (χ4n) is 1.91. The highest BCUT2D eigenvalue weighted by molar-refractivity contribution is 9.10. The van der Waals surface area contributed by atoms with E-state index in [9.17, 15) is 0 Å². The van der Waals surface area contributed by atoms with Gasteiger partial charge in [-0.1, -0.05) is 28.1 Å². The van der Waals surface area contributed by atoms with Gasteiger partial charge in [0.25, 0.3) is 0 Å². The van der Waals surface area contributed by atoms with Crippen LogP contribution in [0.3, 0.4) is 0 Å². The molecule has 2 unspecified atom stereocenters. The number of halogens is 1. The lowest BCUT2D eigenvalue weighted by atomic mass is 9.89. The summed E-state index contributed by atoms with van der Waals surface area (Å²) in [6.45, 7) is 2.32. The predicted octanol–water partition coefficient (Wildman–Crippen LogP) is 2.14. The number of hydrogen-bond donors (Lipinski definition) is 1. The van der Waals surface area contributed by atoms with Gasteiger partial charge in [-0.3, -0.25) is 0 Å². The summed E-state index contributed by atoms with van der Waals surface area (Å²) in [5.74, 6) is 0.962. The first-order valence-electron chi connectivity index (χ1n) is 4.84. The van der Waals surface area contributed by atoms with Crippen LogP contribution in [0.2, 0.25) is 0 Å². The van der Waals surface area contributed by atoms with E-state index in [1.807, 2.05) is 0 Å². The molecular weight excluding hydrogens is 242 g/mol. The predicted molar refractivity (Wildman–Crippen MR) is 60.2 cm³/mol. The van der Waals surface area contributed by atoms with E-state index >= 15 is 0 Å². The third-order valence-corrected chi connectivity index (χ3v) is 3.33. The molecule has 2 N–H and O–H groups in total. The average Bonchev–Trinajstić information content (AvgIpc) is 2.67. The minimum atomic E-state index is 0.480. The summed E-state index contributed by atoms with van der Waals surface area (Å²) in [6, 6.07) is 8.43. The lowest BCUT2D eigenvalue weighted by Gasteiger charge is -2.15. The Morgan fingerprint density at radius 2 is 2.00 bits per heavy atom. The van der Waals surface area contributed by atoms with Crippen LogP contribution in [0.1, 0.15) is 11.5 Å². The van der Waals surface area contributed by atoms with E-state index in [-0.39, 0.29) is 0 Å². The van der Waals surface area contributed by atoms with Crippen molar-refractivity contribution in [3.63, 3.8) is 0 Å². The molecule has 0 saturated carbocycles. The number of benzene rings is 1. The Morgan fingerprint density at radius 1 is 1.29 bits per heavy atom. The van der Waals surface area contributed by atoms with E-state index < -0.39 is 0 Å². The minimum absolute atomic E-state index is 0.480. The van der Waals surface area contributed by atoms with Crippen molar-refractivity contribution in [3.8, 4) is 0 Å². The Morgan fingerprint density at radius 3 is 2.64 bits per heavy atom. The zero-order valence-corrected chi connectivity index (χ0v) is 9.53. The van der Waals surface area contributed by atoms with Crippen LogP contribution in [0.25, 0.3) is 0 Å². The lowest BCUT2D eigenvalue weighted by Crippen LogP contribution is -2.20. The van der Waals surface area contributed by atoms with Crippen LogP contribution in [-0.2, 0) is 4.74 Å². The second-order valence-corrected chi connectivity index (χ2v) is 4.61. The number of rotatable bonds is 2. The van der Waals surface area contributed by atoms with Gasteiger partial charge in [-0.2, -0.15) is 0 Å². The van der Waals surface area contributed by atoms with E-state index in [4.69, 9.17) is 10.5 Å². The van der Waals surface area contributed by atoms with Crippen LogP contribution in [0.4, 0.5) is 0 Å². The standard InChI is InChI=1S/C11H14BrNO/c12-10-3-1-8(2-4-10)11-7-14-6-9(11)5-13/h1-4,9,11H,5-7,13H2. The second-order valence-electron chi connectivity index (χ2n) is 3.69. The number of hydrogen-bond acceptors (Lipinski definition) is 2. The maximum absolute atomic E-state index is 5.70. The third-order valence-electron chi connectivity index (χ3n) is 2.80. The monoisotopic (exact) mass is 255 g/mol. The van der Waals surface area contributed by atoms with Crippen LogP contribution < -0.4 is 5.73 Å². The molecule has 3 heteroatoms. The molecular formula is C11H14BrNO. The summed E-state index contributed by atoms with van der Waals surface area (Å²) in [5, 5.41) is 0. The summed E-state index contributed by atoms with van der Waals surface area (Å²) in [6.07, 6.45) is 0. The highest BCUT2D eigenvalue weighted by Crippen LogP contribution is 2.30. The van der Waals surface area contributed by atoms with Crippen molar-refractivity contribution >= 4 is 15.9 Å². The van der Waals surface area contributed by atoms with Gasteiger partial charge < -0.3 is 10.5 Å². The van der Waals surface area contributed by atoms with E-state index in [1.165, 1.54) is 5.56 Å². The van der Waals surface area contributed by atoms with Crippen LogP contribution in [0.15, 0.2) is 28.7 Å². The SMILES string of the molecule is NCC1COCC1c1ccc(Br)cc1. The maximum Gasteiger partial charge on any atom is 0.0538 e. The van der Waals surface area contributed by atoms with Crippen LogP contribution in [-0.4, -0.2) is 19.8 Å². The third kappa shape index (κ3) is 2.00. The summed E-state index contributed by atoms with van der Waals surface area (Å²) < 4.78 is 6.57. The molecule has 14 heavy (non-hydrogen) atoms. The summed E-state index contributed by atoms with van der Waals surface area (Å²) in [7, 11) is 0. The van der Waals surface area contributed by atoms with E-state index in [0.717, 1.165) is 17.7 Å². The summed E-state index contributed by atoms with van der Waals surface area (Å²) in [5.41, 5.74) is 7.04. The van der Waals surface area contributed by atoms with Crippen molar-refractivity contribution in [1.29, 1.82) is 0 Å². The van der Waals surface area contributed by atoms with Crippen molar-refractivity contribution in [2.75, 3.05) is 19.8 Å². The van der Waals surface area contributed by atoms with Gasteiger partial charge in [0, 0.05) is 16.3 Å². The lowest BCUT2D eigenvalue weighted by molar-refractivity contribution is 0.185. The molecule has 1 aromatic carbocycles. The fourth-order valence-corrected chi connectivity index (χ4v) is 2.17. The van der Waals surface area contributed by atoms with Crippen LogP contribution in [0.5, 0.6) is 0 Å². The van der Waals surface area contributed by atoms with E-state index in [2.05, 4.69) is 40.2 Å². The van der Waals surface area contributed by atoms with Gasteiger partial charge in [0.2, 0.25) is 0 Å². The molecule has 0 spiro atoms. The van der Waals surface area contributed by atoms with Gasteiger partial charge >= 0.3 is 0 Å². The molecule has 0 radical (unpaired) electrons. The largest absolute Gasteiger partial charge is 0.380 e. The molecule has 1 fully saturated rings.